The topological polar surface area (TPSA) is 51.5 Å². The maximum atomic E-state index is 13.2. The van der Waals surface area contributed by atoms with Crippen molar-refractivity contribution in [3.05, 3.63) is 74.7 Å². The Morgan fingerprint density at radius 3 is 2.43 bits per heavy atom. The van der Waals surface area contributed by atoms with E-state index in [1.165, 1.54) is 11.3 Å². The standard InChI is InChI=1S/C22H22N2O3S/c1-14(2)27-18-12-8-7-11-16(18)17-13-19(25)24(15-9-5-4-6-10-15)21-20(17)28-22(26)23(21)3/h4-12,14,17H,13H2,1-3H3/t17-/m0/s1. The van der Waals surface area contributed by atoms with Gasteiger partial charge in [0.05, 0.1) is 16.7 Å². The van der Waals surface area contributed by atoms with Crippen molar-refractivity contribution in [1.82, 2.24) is 4.57 Å². The van der Waals surface area contributed by atoms with Crippen LogP contribution < -0.4 is 14.5 Å². The average molecular weight is 394 g/mol. The van der Waals surface area contributed by atoms with E-state index in [9.17, 15) is 9.59 Å². The van der Waals surface area contributed by atoms with Gasteiger partial charge in [0, 0.05) is 24.9 Å². The fourth-order valence-electron chi connectivity index (χ4n) is 3.65. The first-order chi connectivity index (χ1) is 13.5. The van der Waals surface area contributed by atoms with Crippen molar-refractivity contribution in [1.29, 1.82) is 0 Å². The SMILES string of the molecule is CC(C)Oc1ccccc1[C@@H]1CC(=O)N(c2ccccc2)c2c1sc(=O)n2C. The third kappa shape index (κ3) is 3.14. The molecule has 1 atom stereocenters. The Balaban J connectivity index is 1.88. The first kappa shape index (κ1) is 18.5. The summed E-state index contributed by atoms with van der Waals surface area (Å²) in [5.74, 6) is 1.19. The Hall–Kier alpha value is -2.86. The van der Waals surface area contributed by atoms with Gasteiger partial charge in [-0.05, 0) is 32.0 Å². The highest BCUT2D eigenvalue weighted by Gasteiger charge is 2.38. The van der Waals surface area contributed by atoms with Gasteiger partial charge in [0.15, 0.2) is 0 Å². The first-order valence-corrected chi connectivity index (χ1v) is 10.1. The molecule has 0 spiro atoms. The molecule has 0 N–H and O–H groups in total. The number of anilines is 2. The number of aromatic nitrogens is 1. The number of hydrogen-bond donors (Lipinski definition) is 0. The summed E-state index contributed by atoms with van der Waals surface area (Å²) in [6, 6.07) is 17.3. The van der Waals surface area contributed by atoms with E-state index in [-0.39, 0.29) is 22.8 Å². The van der Waals surface area contributed by atoms with Crippen LogP contribution in [0.4, 0.5) is 11.5 Å². The van der Waals surface area contributed by atoms with Gasteiger partial charge in [-0.1, -0.05) is 47.7 Å². The van der Waals surface area contributed by atoms with Crippen LogP contribution in [0, 0.1) is 0 Å². The molecule has 1 aliphatic heterocycles. The summed E-state index contributed by atoms with van der Waals surface area (Å²) in [4.78, 5) is 28.2. The Kier molecular flexibility index (Phi) is 4.81. The fraction of sp³-hybridized carbons (Fsp3) is 0.273. The van der Waals surface area contributed by atoms with Crippen molar-refractivity contribution < 1.29 is 9.53 Å². The lowest BCUT2D eigenvalue weighted by atomic mass is 9.89. The van der Waals surface area contributed by atoms with Gasteiger partial charge in [0.2, 0.25) is 5.91 Å². The molecule has 4 rings (SSSR count). The zero-order valence-electron chi connectivity index (χ0n) is 16.1. The number of amides is 1. The van der Waals surface area contributed by atoms with Crippen molar-refractivity contribution in [2.45, 2.75) is 32.3 Å². The van der Waals surface area contributed by atoms with E-state index < -0.39 is 0 Å². The van der Waals surface area contributed by atoms with Crippen LogP contribution in [0.1, 0.15) is 36.6 Å². The molecule has 2 heterocycles. The van der Waals surface area contributed by atoms with Crippen LogP contribution in [0.15, 0.2) is 59.4 Å². The first-order valence-electron chi connectivity index (χ1n) is 9.30. The van der Waals surface area contributed by atoms with Gasteiger partial charge in [-0.3, -0.25) is 19.1 Å². The number of thiazole rings is 1. The molecule has 144 valence electrons. The van der Waals surface area contributed by atoms with Crippen LogP contribution in [0.5, 0.6) is 5.75 Å². The zero-order valence-corrected chi connectivity index (χ0v) is 16.9. The van der Waals surface area contributed by atoms with E-state index in [0.717, 1.165) is 21.9 Å². The van der Waals surface area contributed by atoms with Gasteiger partial charge in [0.1, 0.15) is 11.6 Å². The molecule has 1 aromatic heterocycles. The number of carbonyl (C=O) groups is 1. The summed E-state index contributed by atoms with van der Waals surface area (Å²) in [6.07, 6.45) is 0.315. The van der Waals surface area contributed by atoms with Gasteiger partial charge in [0.25, 0.3) is 0 Å². The molecule has 5 nitrogen and oxygen atoms in total. The second-order valence-corrected chi connectivity index (χ2v) is 8.13. The molecule has 0 fully saturated rings. The third-order valence-electron chi connectivity index (χ3n) is 4.84. The highest BCUT2D eigenvalue weighted by Crippen LogP contribution is 2.46. The van der Waals surface area contributed by atoms with E-state index in [1.54, 1.807) is 16.5 Å². The second-order valence-electron chi connectivity index (χ2n) is 7.14. The quantitative estimate of drug-likeness (QED) is 0.658. The Morgan fingerprint density at radius 1 is 1.04 bits per heavy atom. The number of ether oxygens (including phenoxy) is 1. The van der Waals surface area contributed by atoms with Gasteiger partial charge < -0.3 is 4.74 Å². The lowest BCUT2D eigenvalue weighted by Crippen LogP contribution is -2.34. The maximum Gasteiger partial charge on any atom is 0.308 e. The number of nitrogens with zero attached hydrogens (tertiary/aromatic N) is 2. The molecular weight excluding hydrogens is 372 g/mol. The summed E-state index contributed by atoms with van der Waals surface area (Å²) in [7, 11) is 1.72. The molecule has 0 saturated carbocycles. The van der Waals surface area contributed by atoms with E-state index >= 15 is 0 Å². The highest BCUT2D eigenvalue weighted by molar-refractivity contribution is 7.10. The number of hydrogen-bond acceptors (Lipinski definition) is 4. The van der Waals surface area contributed by atoms with Crippen LogP contribution in [0.3, 0.4) is 0 Å². The number of fused-ring (bicyclic) bond motifs is 1. The van der Waals surface area contributed by atoms with E-state index in [4.69, 9.17) is 4.74 Å². The van der Waals surface area contributed by atoms with E-state index in [2.05, 4.69) is 0 Å². The molecule has 0 saturated heterocycles. The monoisotopic (exact) mass is 394 g/mol. The Bertz CT molecular complexity index is 1070. The molecule has 1 amide bonds. The third-order valence-corrected chi connectivity index (χ3v) is 5.97. The predicted molar refractivity (Wildman–Crippen MR) is 112 cm³/mol. The largest absolute Gasteiger partial charge is 0.491 e. The lowest BCUT2D eigenvalue weighted by Gasteiger charge is -2.32. The van der Waals surface area contributed by atoms with Crippen LogP contribution in [-0.4, -0.2) is 16.6 Å². The van der Waals surface area contributed by atoms with Crippen LogP contribution in [0.2, 0.25) is 0 Å². The Morgan fingerprint density at radius 2 is 1.71 bits per heavy atom. The predicted octanol–water partition coefficient (Wildman–Crippen LogP) is 4.43. The van der Waals surface area contributed by atoms with Gasteiger partial charge in [-0.25, -0.2) is 0 Å². The Labute approximate surface area is 167 Å². The number of rotatable bonds is 4. The summed E-state index contributed by atoms with van der Waals surface area (Å²) in [5.41, 5.74) is 1.72. The van der Waals surface area contributed by atoms with E-state index in [0.29, 0.717) is 12.2 Å². The average Bonchev–Trinajstić information content (AvgIpc) is 2.97. The molecule has 6 heteroatoms. The number of benzene rings is 2. The number of carbonyl (C=O) groups excluding carboxylic acids is 1. The van der Waals surface area contributed by atoms with Gasteiger partial charge >= 0.3 is 4.87 Å². The van der Waals surface area contributed by atoms with Crippen LogP contribution in [0.25, 0.3) is 0 Å². The van der Waals surface area contributed by atoms with Crippen molar-refractivity contribution in [3.63, 3.8) is 0 Å². The molecule has 0 unspecified atom stereocenters. The van der Waals surface area contributed by atoms with Crippen molar-refractivity contribution in [2.24, 2.45) is 7.05 Å². The summed E-state index contributed by atoms with van der Waals surface area (Å²) in [5, 5.41) is 0. The van der Waals surface area contributed by atoms with E-state index in [1.807, 2.05) is 68.4 Å². The van der Waals surface area contributed by atoms with Crippen molar-refractivity contribution >= 4 is 28.7 Å². The van der Waals surface area contributed by atoms with Gasteiger partial charge in [-0.2, -0.15) is 0 Å². The molecule has 0 aliphatic carbocycles. The van der Waals surface area contributed by atoms with Crippen molar-refractivity contribution in [3.8, 4) is 5.75 Å². The number of para-hydroxylation sites is 2. The minimum Gasteiger partial charge on any atom is -0.491 e. The lowest BCUT2D eigenvalue weighted by molar-refractivity contribution is -0.118. The normalized spacial score (nSPS) is 16.4. The molecule has 28 heavy (non-hydrogen) atoms. The molecule has 1 aliphatic rings. The van der Waals surface area contributed by atoms with Crippen LogP contribution in [-0.2, 0) is 11.8 Å². The molecular formula is C22H22N2O3S. The van der Waals surface area contributed by atoms with Gasteiger partial charge in [-0.15, -0.1) is 0 Å². The minimum absolute atomic E-state index is 0.0234. The zero-order chi connectivity index (χ0) is 19.8. The van der Waals surface area contributed by atoms with Crippen LogP contribution >= 0.6 is 11.3 Å². The maximum absolute atomic E-state index is 13.2. The minimum atomic E-state index is -0.198. The molecule has 2 aromatic carbocycles. The highest BCUT2D eigenvalue weighted by atomic mass is 32.1. The summed E-state index contributed by atoms with van der Waals surface area (Å²) in [6.45, 7) is 3.96. The summed E-state index contributed by atoms with van der Waals surface area (Å²) >= 11 is 1.21. The fourth-order valence-corrected chi connectivity index (χ4v) is 4.73. The second kappa shape index (κ2) is 7.28. The molecule has 3 aromatic rings. The molecule has 0 bridgehead atoms. The smallest absolute Gasteiger partial charge is 0.308 e. The van der Waals surface area contributed by atoms with Crippen molar-refractivity contribution in [2.75, 3.05) is 4.90 Å². The molecule has 0 radical (unpaired) electrons. The summed E-state index contributed by atoms with van der Waals surface area (Å²) < 4.78 is 7.56.